The van der Waals surface area contributed by atoms with Crippen molar-refractivity contribution in [1.29, 1.82) is 5.26 Å². The standard InChI is InChI=1S/C24H36N4O5/c1-7-8-10-26-21(30)20(18-13-16(2)12-17(3)14-18)28(11-9-25)22(31)19(15-29)27-23(32)33-24(4,5)6/h12-14,19-20,29H,7-8,10-11,15H2,1-6H3,(H,26,30)(H,27,32). The molecule has 0 aliphatic heterocycles. The lowest BCUT2D eigenvalue weighted by molar-refractivity contribution is -0.142. The van der Waals surface area contributed by atoms with Crippen LogP contribution in [0.4, 0.5) is 4.79 Å². The molecule has 0 saturated carbocycles. The van der Waals surface area contributed by atoms with Gasteiger partial charge in [-0.3, -0.25) is 9.59 Å². The molecule has 0 heterocycles. The first-order valence-corrected chi connectivity index (χ1v) is 11.1. The highest BCUT2D eigenvalue weighted by Gasteiger charge is 2.36. The molecule has 9 heteroatoms. The largest absolute Gasteiger partial charge is 0.444 e. The van der Waals surface area contributed by atoms with E-state index in [9.17, 15) is 24.8 Å². The van der Waals surface area contributed by atoms with Gasteiger partial charge in [0.25, 0.3) is 0 Å². The minimum atomic E-state index is -1.38. The molecule has 1 aromatic rings. The molecule has 1 aromatic carbocycles. The smallest absolute Gasteiger partial charge is 0.408 e. The van der Waals surface area contributed by atoms with Crippen molar-refractivity contribution in [2.45, 2.75) is 72.1 Å². The number of alkyl carbamates (subject to hydrolysis) is 1. The van der Waals surface area contributed by atoms with Crippen LogP contribution < -0.4 is 10.6 Å². The Morgan fingerprint density at radius 1 is 1.18 bits per heavy atom. The molecular weight excluding hydrogens is 424 g/mol. The van der Waals surface area contributed by atoms with E-state index >= 15 is 0 Å². The fourth-order valence-electron chi connectivity index (χ4n) is 3.33. The monoisotopic (exact) mass is 460 g/mol. The van der Waals surface area contributed by atoms with Crippen molar-refractivity contribution in [2.75, 3.05) is 19.7 Å². The van der Waals surface area contributed by atoms with Crippen molar-refractivity contribution >= 4 is 17.9 Å². The second-order valence-corrected chi connectivity index (χ2v) is 8.97. The number of ether oxygens (including phenoxy) is 1. The fourth-order valence-corrected chi connectivity index (χ4v) is 3.33. The fraction of sp³-hybridized carbons (Fsp3) is 0.583. The zero-order valence-corrected chi connectivity index (χ0v) is 20.4. The van der Waals surface area contributed by atoms with Crippen LogP contribution in [0.3, 0.4) is 0 Å². The lowest BCUT2D eigenvalue weighted by Crippen LogP contribution is -2.54. The van der Waals surface area contributed by atoms with E-state index in [2.05, 4.69) is 10.6 Å². The maximum absolute atomic E-state index is 13.3. The summed E-state index contributed by atoms with van der Waals surface area (Å²) in [6, 6.07) is 4.93. The summed E-state index contributed by atoms with van der Waals surface area (Å²) < 4.78 is 5.17. The SMILES string of the molecule is CCCCNC(=O)C(c1cc(C)cc(C)c1)N(CC#N)C(=O)C(CO)NC(=O)OC(C)(C)C. The van der Waals surface area contributed by atoms with Crippen LogP contribution in [0.5, 0.6) is 0 Å². The van der Waals surface area contributed by atoms with E-state index in [0.29, 0.717) is 12.1 Å². The Balaban J connectivity index is 3.35. The third-order valence-electron chi connectivity index (χ3n) is 4.65. The van der Waals surface area contributed by atoms with Crippen molar-refractivity contribution in [3.05, 3.63) is 34.9 Å². The number of nitriles is 1. The molecule has 0 fully saturated rings. The number of nitrogens with one attached hydrogen (secondary N) is 2. The highest BCUT2D eigenvalue weighted by Crippen LogP contribution is 2.25. The zero-order chi connectivity index (χ0) is 25.2. The quantitative estimate of drug-likeness (QED) is 0.363. The van der Waals surface area contributed by atoms with Gasteiger partial charge in [-0.1, -0.05) is 42.7 Å². The summed E-state index contributed by atoms with van der Waals surface area (Å²) in [6.45, 7) is 10.0. The number of nitrogens with zero attached hydrogens (tertiary/aromatic N) is 2. The van der Waals surface area contributed by atoms with Gasteiger partial charge in [0.2, 0.25) is 11.8 Å². The summed E-state index contributed by atoms with van der Waals surface area (Å²) in [5.74, 6) is -1.20. The van der Waals surface area contributed by atoms with Gasteiger partial charge >= 0.3 is 6.09 Å². The molecule has 0 radical (unpaired) electrons. The zero-order valence-electron chi connectivity index (χ0n) is 20.4. The van der Waals surface area contributed by atoms with Crippen LogP contribution in [0.1, 0.15) is 63.3 Å². The molecule has 0 saturated heterocycles. The van der Waals surface area contributed by atoms with Gasteiger partial charge < -0.3 is 25.4 Å². The predicted molar refractivity (Wildman–Crippen MR) is 124 cm³/mol. The lowest BCUT2D eigenvalue weighted by atomic mass is 9.98. The van der Waals surface area contributed by atoms with E-state index in [-0.39, 0.29) is 0 Å². The van der Waals surface area contributed by atoms with Gasteiger partial charge in [0.05, 0.1) is 12.7 Å². The third-order valence-corrected chi connectivity index (χ3v) is 4.65. The van der Waals surface area contributed by atoms with Gasteiger partial charge in [-0.05, 0) is 46.6 Å². The Kier molecular flexibility index (Phi) is 10.8. The van der Waals surface area contributed by atoms with Crippen LogP contribution in [-0.4, -0.2) is 59.3 Å². The maximum Gasteiger partial charge on any atom is 0.408 e. The summed E-state index contributed by atoms with van der Waals surface area (Å²) in [6.07, 6.45) is 0.751. The number of aryl methyl sites for hydroxylation is 2. The second kappa shape index (κ2) is 12.8. The molecule has 2 unspecified atom stereocenters. The molecule has 33 heavy (non-hydrogen) atoms. The predicted octanol–water partition coefficient (Wildman–Crippen LogP) is 2.50. The van der Waals surface area contributed by atoms with Crippen LogP contribution in [0.2, 0.25) is 0 Å². The third kappa shape index (κ3) is 9.10. The number of rotatable bonds is 10. The highest BCUT2D eigenvalue weighted by molar-refractivity contribution is 5.92. The van der Waals surface area contributed by atoms with Gasteiger partial charge in [-0.2, -0.15) is 5.26 Å². The van der Waals surface area contributed by atoms with Crippen LogP contribution in [0.15, 0.2) is 18.2 Å². The van der Waals surface area contributed by atoms with Gasteiger partial charge in [0, 0.05) is 6.54 Å². The molecule has 9 nitrogen and oxygen atoms in total. The first kappa shape index (κ1) is 27.9. The van der Waals surface area contributed by atoms with Crippen LogP contribution in [-0.2, 0) is 14.3 Å². The van der Waals surface area contributed by atoms with Crippen molar-refractivity contribution in [2.24, 2.45) is 0 Å². The number of carbonyl (C=O) groups excluding carboxylic acids is 3. The van der Waals surface area contributed by atoms with Gasteiger partial charge in [-0.25, -0.2) is 4.79 Å². The van der Waals surface area contributed by atoms with E-state index in [1.165, 1.54) is 0 Å². The van der Waals surface area contributed by atoms with E-state index in [1.807, 2.05) is 32.9 Å². The topological polar surface area (TPSA) is 132 Å². The number of benzene rings is 1. The Morgan fingerprint density at radius 2 is 1.79 bits per heavy atom. The highest BCUT2D eigenvalue weighted by atomic mass is 16.6. The number of aliphatic hydroxyl groups excluding tert-OH is 1. The van der Waals surface area contributed by atoms with Crippen LogP contribution >= 0.6 is 0 Å². The summed E-state index contributed by atoms with van der Waals surface area (Å²) in [5, 5.41) is 24.4. The van der Waals surface area contributed by atoms with Gasteiger partial charge in [0.1, 0.15) is 24.2 Å². The number of carbonyl (C=O) groups is 3. The second-order valence-electron chi connectivity index (χ2n) is 8.97. The van der Waals surface area contributed by atoms with Gasteiger partial charge in [0.15, 0.2) is 0 Å². The Hall–Kier alpha value is -3.12. The summed E-state index contributed by atoms with van der Waals surface area (Å²) in [4.78, 5) is 39.8. The molecule has 3 amide bonds. The molecule has 0 aliphatic rings. The first-order chi connectivity index (χ1) is 15.4. The minimum absolute atomic E-state index is 0.413. The van der Waals surface area contributed by atoms with E-state index < -0.39 is 48.7 Å². The van der Waals surface area contributed by atoms with Crippen LogP contribution in [0, 0.1) is 25.2 Å². The average Bonchev–Trinajstić information content (AvgIpc) is 2.69. The molecule has 182 valence electrons. The lowest BCUT2D eigenvalue weighted by Gasteiger charge is -2.32. The normalized spacial score (nSPS) is 12.8. The number of amides is 3. The molecule has 0 bridgehead atoms. The Bertz CT molecular complexity index is 852. The molecule has 1 rings (SSSR count). The summed E-state index contributed by atoms with van der Waals surface area (Å²) >= 11 is 0. The molecule has 0 aliphatic carbocycles. The first-order valence-electron chi connectivity index (χ1n) is 11.1. The molecule has 3 N–H and O–H groups in total. The van der Waals surface area contributed by atoms with Gasteiger partial charge in [-0.15, -0.1) is 0 Å². The number of hydrogen-bond donors (Lipinski definition) is 3. The summed E-state index contributed by atoms with van der Waals surface area (Å²) in [7, 11) is 0. The van der Waals surface area contributed by atoms with Crippen molar-refractivity contribution in [3.63, 3.8) is 0 Å². The van der Waals surface area contributed by atoms with E-state index in [1.54, 1.807) is 32.9 Å². The maximum atomic E-state index is 13.3. The average molecular weight is 461 g/mol. The summed E-state index contributed by atoms with van der Waals surface area (Å²) in [5.41, 5.74) is 1.52. The van der Waals surface area contributed by atoms with Crippen molar-refractivity contribution in [3.8, 4) is 6.07 Å². The van der Waals surface area contributed by atoms with Crippen LogP contribution in [0.25, 0.3) is 0 Å². The molecular formula is C24H36N4O5. The number of unbranched alkanes of at least 4 members (excludes halogenated alkanes) is 1. The molecule has 0 spiro atoms. The minimum Gasteiger partial charge on any atom is -0.444 e. The number of hydrogen-bond acceptors (Lipinski definition) is 6. The Morgan fingerprint density at radius 3 is 2.27 bits per heavy atom. The number of aliphatic hydroxyl groups is 1. The molecule has 0 aromatic heterocycles. The van der Waals surface area contributed by atoms with E-state index in [4.69, 9.17) is 4.74 Å². The molecule has 2 atom stereocenters. The van der Waals surface area contributed by atoms with E-state index in [0.717, 1.165) is 28.9 Å². The Labute approximate surface area is 196 Å². The van der Waals surface area contributed by atoms with Crippen molar-refractivity contribution in [1.82, 2.24) is 15.5 Å². The van der Waals surface area contributed by atoms with Crippen molar-refractivity contribution < 1.29 is 24.2 Å².